The maximum atomic E-state index is 12.6. The zero-order valence-electron chi connectivity index (χ0n) is 13.5. The summed E-state index contributed by atoms with van der Waals surface area (Å²) in [5, 5.41) is 15.1. The van der Waals surface area contributed by atoms with Gasteiger partial charge in [-0.15, -0.1) is 11.8 Å². The molecular formula is C15H20N4O4S. The Hall–Kier alpha value is -2.13. The van der Waals surface area contributed by atoms with Crippen LogP contribution in [0.3, 0.4) is 0 Å². The van der Waals surface area contributed by atoms with Crippen LogP contribution in [0.15, 0.2) is 37.6 Å². The Morgan fingerprint density at radius 3 is 3.00 bits per heavy atom. The van der Waals surface area contributed by atoms with Crippen LogP contribution in [0.5, 0.6) is 0 Å². The highest BCUT2D eigenvalue weighted by molar-refractivity contribution is 8.16. The lowest BCUT2D eigenvalue weighted by molar-refractivity contribution is -0.126. The number of nitrogens with two attached hydrogens (primary N) is 1. The van der Waals surface area contributed by atoms with Gasteiger partial charge in [0.15, 0.2) is 5.66 Å². The average molecular weight is 352 g/mol. The Balaban J connectivity index is 2.19. The molecule has 24 heavy (non-hydrogen) atoms. The molecule has 0 saturated carbocycles. The summed E-state index contributed by atoms with van der Waals surface area (Å²) >= 11 is 1.25. The van der Waals surface area contributed by atoms with Crippen LogP contribution < -0.4 is 16.7 Å². The van der Waals surface area contributed by atoms with E-state index in [0.29, 0.717) is 22.9 Å². The van der Waals surface area contributed by atoms with E-state index in [9.17, 15) is 9.59 Å². The first-order valence-electron chi connectivity index (χ1n) is 7.51. The van der Waals surface area contributed by atoms with Gasteiger partial charge in [-0.05, 0) is 19.4 Å². The van der Waals surface area contributed by atoms with E-state index in [1.54, 1.807) is 19.1 Å². The predicted molar refractivity (Wildman–Crippen MR) is 92.5 cm³/mol. The molecule has 9 heteroatoms. The lowest BCUT2D eigenvalue weighted by atomic mass is 10.1. The van der Waals surface area contributed by atoms with Crippen LogP contribution in [-0.2, 0) is 4.79 Å². The molecule has 8 nitrogen and oxygen atoms in total. The van der Waals surface area contributed by atoms with Gasteiger partial charge in [-0.2, -0.15) is 0 Å². The number of aliphatic imine (C=N–C) groups is 1. The van der Waals surface area contributed by atoms with E-state index in [-0.39, 0.29) is 5.75 Å². The minimum absolute atomic E-state index is 0.235. The summed E-state index contributed by atoms with van der Waals surface area (Å²) in [7, 11) is 0. The van der Waals surface area contributed by atoms with Crippen LogP contribution in [0.2, 0.25) is 0 Å². The van der Waals surface area contributed by atoms with Gasteiger partial charge < -0.3 is 14.9 Å². The van der Waals surface area contributed by atoms with Crippen LogP contribution in [0.1, 0.15) is 38.5 Å². The number of rotatable bonds is 6. The minimum atomic E-state index is -1.45. The zero-order valence-corrected chi connectivity index (χ0v) is 14.3. The summed E-state index contributed by atoms with van der Waals surface area (Å²) < 4.78 is 5.16. The third-order valence-corrected chi connectivity index (χ3v) is 4.76. The van der Waals surface area contributed by atoms with Crippen LogP contribution in [0.4, 0.5) is 0 Å². The van der Waals surface area contributed by atoms with E-state index in [2.05, 4.69) is 15.5 Å². The normalized spacial score (nSPS) is 22.1. The Kier molecular flexibility index (Phi) is 5.79. The molecule has 2 rings (SSSR count). The van der Waals surface area contributed by atoms with Gasteiger partial charge >= 0.3 is 5.63 Å². The highest BCUT2D eigenvalue weighted by Gasteiger charge is 2.40. The molecule has 0 saturated heterocycles. The van der Waals surface area contributed by atoms with Crippen molar-refractivity contribution in [1.82, 2.24) is 5.32 Å². The summed E-state index contributed by atoms with van der Waals surface area (Å²) in [5.74, 6) is 0.142. The third-order valence-electron chi connectivity index (χ3n) is 3.52. The monoisotopic (exact) mass is 352 g/mol. The number of thioether (sulfide) groups is 1. The van der Waals surface area contributed by atoms with Crippen molar-refractivity contribution in [3.8, 4) is 0 Å². The molecule has 4 N–H and O–H groups in total. The van der Waals surface area contributed by atoms with Crippen molar-refractivity contribution in [3.63, 3.8) is 0 Å². The van der Waals surface area contributed by atoms with Gasteiger partial charge in [-0.25, -0.2) is 9.79 Å². The van der Waals surface area contributed by atoms with Gasteiger partial charge in [-0.3, -0.25) is 10.5 Å². The van der Waals surface area contributed by atoms with Gasteiger partial charge in [0.2, 0.25) is 0 Å². The van der Waals surface area contributed by atoms with Gasteiger partial charge in [0.05, 0.1) is 6.04 Å². The molecule has 0 radical (unpaired) electrons. The number of amides is 1. The molecule has 2 heterocycles. The first-order chi connectivity index (χ1) is 11.4. The van der Waals surface area contributed by atoms with Crippen molar-refractivity contribution in [2.75, 3.05) is 5.75 Å². The van der Waals surface area contributed by atoms with Crippen LogP contribution in [-0.4, -0.2) is 33.3 Å². The predicted octanol–water partition coefficient (Wildman–Crippen LogP) is 1.25. The fraction of sp³-hybridized carbons (Fsp3) is 0.467. The van der Waals surface area contributed by atoms with Gasteiger partial charge in [-0.1, -0.05) is 24.6 Å². The molecule has 0 fully saturated rings. The zero-order chi connectivity index (χ0) is 17.7. The Labute approximate surface area is 143 Å². The summed E-state index contributed by atoms with van der Waals surface area (Å²) in [6, 6.07) is 4.07. The lowest BCUT2D eigenvalue weighted by Crippen LogP contribution is -2.54. The van der Waals surface area contributed by atoms with E-state index >= 15 is 0 Å². The second kappa shape index (κ2) is 7.63. The minimum Gasteiger partial charge on any atom is -0.426 e. The van der Waals surface area contributed by atoms with Gasteiger partial charge in [0, 0.05) is 11.8 Å². The molecule has 0 aliphatic carbocycles. The van der Waals surface area contributed by atoms with Crippen molar-refractivity contribution in [1.29, 1.82) is 0 Å². The quantitative estimate of drug-likeness (QED) is 0.401. The number of hydrogen-bond donors (Lipinski definition) is 3. The van der Waals surface area contributed by atoms with Crippen LogP contribution in [0, 0.1) is 0 Å². The highest BCUT2D eigenvalue weighted by atomic mass is 32.2. The Bertz CT molecular complexity index is 730. The summed E-state index contributed by atoms with van der Waals surface area (Å²) in [6.07, 6.45) is 1.37. The van der Waals surface area contributed by atoms with E-state index in [1.165, 1.54) is 17.8 Å². The smallest absolute Gasteiger partial charge is 0.335 e. The molecule has 1 aromatic rings. The molecule has 1 aliphatic heterocycles. The second-order valence-corrected chi connectivity index (χ2v) is 6.44. The second-order valence-electron chi connectivity index (χ2n) is 5.48. The van der Waals surface area contributed by atoms with E-state index in [1.807, 2.05) is 6.92 Å². The number of nitrogens with one attached hydrogen (secondary N) is 1. The fourth-order valence-electron chi connectivity index (χ4n) is 2.22. The molecule has 1 aliphatic rings. The summed E-state index contributed by atoms with van der Waals surface area (Å²) in [4.78, 5) is 28.2. The van der Waals surface area contributed by atoms with Crippen LogP contribution in [0.25, 0.3) is 0 Å². The summed E-state index contributed by atoms with van der Waals surface area (Å²) in [6.45, 7) is 3.54. The number of oxime groups is 1. The molecule has 0 bridgehead atoms. The topological polar surface area (TPSA) is 130 Å². The largest absolute Gasteiger partial charge is 0.426 e. The first kappa shape index (κ1) is 18.2. The molecule has 1 aromatic heterocycles. The van der Waals surface area contributed by atoms with Crippen LogP contribution >= 0.6 is 11.8 Å². The number of carbonyl (C=O) groups excluding carboxylic acids is 1. The van der Waals surface area contributed by atoms with Crippen molar-refractivity contribution in [2.24, 2.45) is 15.9 Å². The Morgan fingerprint density at radius 2 is 2.38 bits per heavy atom. The van der Waals surface area contributed by atoms with Crippen molar-refractivity contribution in [3.05, 3.63) is 34.4 Å². The molecule has 0 spiro atoms. The standard InChI is InChI=1S/C15H20N4O4S/c1-3-5-10(11-6-4-7-12(20)23-11)17-14(21)15(16)8-24-13(18-15)9(2)19-22/h4,6-7,10,22H,3,5,8,16H2,1-2H3,(H,17,21)/b19-9+/t10-,15+/m1/s1. The third kappa shape index (κ3) is 4.04. The molecule has 130 valence electrons. The van der Waals surface area contributed by atoms with Crippen molar-refractivity contribution in [2.45, 2.75) is 38.4 Å². The van der Waals surface area contributed by atoms with Crippen molar-refractivity contribution >= 4 is 28.4 Å². The van der Waals surface area contributed by atoms with Gasteiger partial charge in [0.1, 0.15) is 16.5 Å². The Morgan fingerprint density at radius 1 is 1.62 bits per heavy atom. The first-order valence-corrected chi connectivity index (χ1v) is 8.49. The molecule has 0 unspecified atom stereocenters. The SMILES string of the molecule is CCC[C@@H](NC(=O)[C@]1(N)CSC(/C(C)=N/O)=N1)c1cccc(=O)o1. The maximum Gasteiger partial charge on any atom is 0.335 e. The molecular weight excluding hydrogens is 332 g/mol. The number of carbonyl (C=O) groups is 1. The molecule has 1 amide bonds. The maximum absolute atomic E-state index is 12.6. The van der Waals surface area contributed by atoms with Gasteiger partial charge in [0.25, 0.3) is 5.91 Å². The van der Waals surface area contributed by atoms with E-state index in [0.717, 1.165) is 6.42 Å². The number of nitrogens with zero attached hydrogens (tertiary/aromatic N) is 2. The summed E-state index contributed by atoms with van der Waals surface area (Å²) in [5.41, 5.74) is 4.47. The lowest BCUT2D eigenvalue weighted by Gasteiger charge is -2.23. The average Bonchev–Trinajstić information content (AvgIpc) is 2.97. The van der Waals surface area contributed by atoms with Crippen molar-refractivity contribution < 1.29 is 14.4 Å². The number of hydrogen-bond acceptors (Lipinski definition) is 8. The molecule has 0 aromatic carbocycles. The molecule has 2 atom stereocenters. The van der Waals surface area contributed by atoms with E-state index in [4.69, 9.17) is 15.4 Å². The fourth-order valence-corrected chi connectivity index (χ4v) is 3.25. The highest BCUT2D eigenvalue weighted by Crippen LogP contribution is 2.26. The van der Waals surface area contributed by atoms with E-state index < -0.39 is 23.2 Å².